The molecule has 0 saturated heterocycles. The molecule has 0 aromatic heterocycles. The first kappa shape index (κ1) is 14.5. The van der Waals surface area contributed by atoms with Crippen LogP contribution in [0, 0.1) is 25.5 Å². The van der Waals surface area contributed by atoms with Crippen LogP contribution >= 0.6 is 11.6 Å². The molecule has 2 aromatic carbocycles. The fourth-order valence-electron chi connectivity index (χ4n) is 1.92. The number of carbonyl (C=O) groups excluding carboxylic acids is 1. The Balaban J connectivity index is 2.53. The normalized spacial score (nSPS) is 10.4. The zero-order chi connectivity index (χ0) is 14.9. The Labute approximate surface area is 120 Å². The van der Waals surface area contributed by atoms with Gasteiger partial charge in [-0.1, -0.05) is 29.3 Å². The molecule has 2 rings (SSSR count). The van der Waals surface area contributed by atoms with Gasteiger partial charge in [-0.25, -0.2) is 8.78 Å². The van der Waals surface area contributed by atoms with Crippen molar-refractivity contribution in [3.63, 3.8) is 0 Å². The highest BCUT2D eigenvalue weighted by Gasteiger charge is 2.18. The van der Waals surface area contributed by atoms with E-state index >= 15 is 0 Å². The van der Waals surface area contributed by atoms with Crippen LogP contribution in [0.4, 0.5) is 20.2 Å². The summed E-state index contributed by atoms with van der Waals surface area (Å²) in [5, 5.41) is 2.33. The van der Waals surface area contributed by atoms with Crippen LogP contribution in [-0.4, -0.2) is 6.29 Å². The minimum Gasteiger partial charge on any atom is -0.352 e. The Morgan fingerprint density at radius 3 is 2.45 bits per heavy atom. The molecular weight excluding hydrogens is 284 g/mol. The third-order valence-corrected chi connectivity index (χ3v) is 3.24. The molecule has 20 heavy (non-hydrogen) atoms. The second-order valence-electron chi connectivity index (χ2n) is 4.51. The third-order valence-electron chi connectivity index (χ3n) is 2.96. The number of aryl methyl sites for hydroxylation is 2. The fraction of sp³-hybridized carbons (Fsp3) is 0.133. The van der Waals surface area contributed by atoms with Gasteiger partial charge in [-0.3, -0.25) is 4.79 Å². The average molecular weight is 296 g/mol. The molecule has 0 unspecified atom stereocenters. The van der Waals surface area contributed by atoms with Gasteiger partial charge in [0.25, 0.3) is 0 Å². The van der Waals surface area contributed by atoms with E-state index in [1.165, 1.54) is 0 Å². The molecule has 0 radical (unpaired) electrons. The minimum absolute atomic E-state index is 0.0334. The van der Waals surface area contributed by atoms with Crippen molar-refractivity contribution in [1.29, 1.82) is 0 Å². The van der Waals surface area contributed by atoms with Crippen LogP contribution in [0.1, 0.15) is 21.5 Å². The van der Waals surface area contributed by atoms with Gasteiger partial charge in [0.15, 0.2) is 17.9 Å². The largest absolute Gasteiger partial charge is 0.352 e. The van der Waals surface area contributed by atoms with Crippen molar-refractivity contribution in [2.24, 2.45) is 0 Å². The van der Waals surface area contributed by atoms with E-state index in [4.69, 9.17) is 11.6 Å². The second kappa shape index (κ2) is 5.59. The summed E-state index contributed by atoms with van der Waals surface area (Å²) in [6.07, 6.45) is 0.431. The van der Waals surface area contributed by atoms with Crippen molar-refractivity contribution in [1.82, 2.24) is 0 Å². The number of hydrogen-bond acceptors (Lipinski definition) is 2. The quantitative estimate of drug-likeness (QED) is 0.651. The van der Waals surface area contributed by atoms with Gasteiger partial charge in [0.1, 0.15) is 0 Å². The van der Waals surface area contributed by atoms with E-state index in [2.05, 4.69) is 5.32 Å². The van der Waals surface area contributed by atoms with Crippen LogP contribution < -0.4 is 5.32 Å². The van der Waals surface area contributed by atoms with Gasteiger partial charge in [0.05, 0.1) is 10.7 Å². The molecule has 0 fully saturated rings. The molecule has 104 valence electrons. The van der Waals surface area contributed by atoms with Crippen LogP contribution in [0.2, 0.25) is 5.02 Å². The molecule has 0 spiro atoms. The Kier molecular flexibility index (Phi) is 4.04. The number of benzene rings is 2. The summed E-state index contributed by atoms with van der Waals surface area (Å²) >= 11 is 5.52. The molecule has 2 aromatic rings. The Bertz CT molecular complexity index is 686. The number of carbonyl (C=O) groups is 1. The van der Waals surface area contributed by atoms with Crippen LogP contribution in [0.15, 0.2) is 24.3 Å². The summed E-state index contributed by atoms with van der Waals surface area (Å²) in [5.41, 5.74) is 2.25. The topological polar surface area (TPSA) is 29.1 Å². The molecule has 0 aliphatic carbocycles. The molecule has 1 N–H and O–H groups in total. The summed E-state index contributed by atoms with van der Waals surface area (Å²) in [6, 6.07) is 6.57. The lowest BCUT2D eigenvalue weighted by atomic mass is 10.1. The maximum absolute atomic E-state index is 13.9. The summed E-state index contributed by atoms with van der Waals surface area (Å²) in [4.78, 5) is 11.0. The van der Waals surface area contributed by atoms with Crippen LogP contribution in [0.5, 0.6) is 0 Å². The average Bonchev–Trinajstić information content (AvgIpc) is 2.41. The van der Waals surface area contributed by atoms with Gasteiger partial charge in [-0.15, -0.1) is 0 Å². The highest BCUT2D eigenvalue weighted by molar-refractivity contribution is 6.31. The van der Waals surface area contributed by atoms with E-state index in [-0.39, 0.29) is 11.3 Å². The maximum atomic E-state index is 13.9. The minimum atomic E-state index is -1.18. The number of hydrogen-bond donors (Lipinski definition) is 1. The van der Waals surface area contributed by atoms with Crippen molar-refractivity contribution in [3.05, 3.63) is 57.6 Å². The van der Waals surface area contributed by atoms with Crippen molar-refractivity contribution < 1.29 is 13.6 Å². The Morgan fingerprint density at radius 2 is 1.85 bits per heavy atom. The van der Waals surface area contributed by atoms with E-state index in [1.54, 1.807) is 6.07 Å². The van der Waals surface area contributed by atoms with Crippen LogP contribution in [0.25, 0.3) is 0 Å². The van der Waals surface area contributed by atoms with Gasteiger partial charge in [0.2, 0.25) is 0 Å². The molecule has 0 heterocycles. The lowest BCUT2D eigenvalue weighted by molar-refractivity contribution is 0.112. The molecule has 0 aliphatic rings. The first-order chi connectivity index (χ1) is 9.43. The number of nitrogens with one attached hydrogen (secondary N) is 1. The van der Waals surface area contributed by atoms with E-state index in [0.29, 0.717) is 12.0 Å². The molecule has 0 bridgehead atoms. The molecule has 0 aliphatic heterocycles. The molecule has 2 nitrogen and oxygen atoms in total. The van der Waals surface area contributed by atoms with Crippen molar-refractivity contribution >= 4 is 29.3 Å². The van der Waals surface area contributed by atoms with Crippen molar-refractivity contribution in [3.8, 4) is 0 Å². The first-order valence-corrected chi connectivity index (χ1v) is 6.28. The van der Waals surface area contributed by atoms with E-state index in [0.717, 1.165) is 17.2 Å². The van der Waals surface area contributed by atoms with E-state index in [1.807, 2.05) is 26.0 Å². The number of halogens is 3. The van der Waals surface area contributed by atoms with Gasteiger partial charge in [-0.2, -0.15) is 0 Å². The Morgan fingerprint density at radius 1 is 1.15 bits per heavy atom. The zero-order valence-electron chi connectivity index (χ0n) is 10.9. The standard InChI is InChI=1S/C15H12ClF2NO/c1-8-3-4-12(9(2)5-8)19-15-10(7-20)6-11(16)13(17)14(15)18/h3-7,19H,1-2H3. The van der Waals surface area contributed by atoms with E-state index < -0.39 is 16.7 Å². The summed E-state index contributed by atoms with van der Waals surface area (Å²) in [6.45, 7) is 3.76. The maximum Gasteiger partial charge on any atom is 0.184 e. The number of rotatable bonds is 3. The summed E-state index contributed by atoms with van der Waals surface area (Å²) in [5.74, 6) is -2.34. The lowest BCUT2D eigenvalue weighted by Crippen LogP contribution is -2.03. The summed E-state index contributed by atoms with van der Waals surface area (Å²) in [7, 11) is 0. The van der Waals surface area contributed by atoms with Gasteiger partial charge >= 0.3 is 0 Å². The molecular formula is C15H12ClF2NO. The van der Waals surface area contributed by atoms with Crippen molar-refractivity contribution in [2.75, 3.05) is 5.32 Å². The van der Waals surface area contributed by atoms with E-state index in [9.17, 15) is 13.6 Å². The predicted molar refractivity (Wildman–Crippen MR) is 76.0 cm³/mol. The fourth-order valence-corrected chi connectivity index (χ4v) is 2.12. The monoisotopic (exact) mass is 295 g/mol. The van der Waals surface area contributed by atoms with Crippen molar-refractivity contribution in [2.45, 2.75) is 13.8 Å². The van der Waals surface area contributed by atoms with Crippen LogP contribution in [0.3, 0.4) is 0 Å². The lowest BCUT2D eigenvalue weighted by Gasteiger charge is -2.14. The van der Waals surface area contributed by atoms with Gasteiger partial charge in [-0.05, 0) is 31.5 Å². The molecule has 0 saturated carbocycles. The SMILES string of the molecule is Cc1ccc(Nc2c(C=O)cc(Cl)c(F)c2F)c(C)c1. The molecule has 5 heteroatoms. The smallest absolute Gasteiger partial charge is 0.184 e. The molecule has 0 atom stereocenters. The van der Waals surface area contributed by atoms with Gasteiger partial charge in [0, 0.05) is 11.3 Å². The predicted octanol–water partition coefficient (Wildman–Crippen LogP) is 4.79. The number of anilines is 2. The number of aldehydes is 1. The third kappa shape index (κ3) is 2.65. The Hall–Kier alpha value is -1.94. The molecule has 0 amide bonds. The zero-order valence-corrected chi connectivity index (χ0v) is 11.7. The highest BCUT2D eigenvalue weighted by Crippen LogP contribution is 2.31. The summed E-state index contributed by atoms with van der Waals surface area (Å²) < 4.78 is 27.4. The first-order valence-electron chi connectivity index (χ1n) is 5.91. The van der Waals surface area contributed by atoms with Gasteiger partial charge < -0.3 is 5.32 Å². The highest BCUT2D eigenvalue weighted by atomic mass is 35.5. The second-order valence-corrected chi connectivity index (χ2v) is 4.92. The van der Waals surface area contributed by atoms with Crippen LogP contribution in [-0.2, 0) is 0 Å².